The van der Waals surface area contributed by atoms with E-state index in [1.54, 1.807) is 31.4 Å². The minimum absolute atomic E-state index is 0.236. The Hall–Kier alpha value is -4.43. The molecule has 0 aliphatic rings. The van der Waals surface area contributed by atoms with Crippen LogP contribution in [0.15, 0.2) is 91.0 Å². The molecular formula is C26H19N3O2. The van der Waals surface area contributed by atoms with Crippen molar-refractivity contribution in [3.05, 3.63) is 102 Å². The third-order valence-corrected chi connectivity index (χ3v) is 4.81. The quantitative estimate of drug-likeness (QED) is 0.472. The number of carbonyl (C=O) groups excluding carboxylic acids is 1. The first-order valence-corrected chi connectivity index (χ1v) is 9.70. The van der Waals surface area contributed by atoms with Gasteiger partial charge in [-0.1, -0.05) is 30.3 Å². The molecule has 1 N–H and O–H groups in total. The topological polar surface area (TPSA) is 75.0 Å². The maximum atomic E-state index is 12.5. The number of carbonyl (C=O) groups is 1. The Morgan fingerprint density at radius 2 is 1.52 bits per heavy atom. The SMILES string of the molecule is COc1cccc(-c2cccc(-c3cccc(NC(=O)c4ccc(C#N)cc4)c3)n2)c1. The Kier molecular flexibility index (Phi) is 5.72. The maximum Gasteiger partial charge on any atom is 0.255 e. The lowest BCUT2D eigenvalue weighted by molar-refractivity contribution is 0.102. The molecule has 150 valence electrons. The Bertz CT molecular complexity index is 1270. The van der Waals surface area contributed by atoms with Crippen molar-refractivity contribution < 1.29 is 9.53 Å². The highest BCUT2D eigenvalue weighted by atomic mass is 16.5. The van der Waals surface area contributed by atoms with Gasteiger partial charge >= 0.3 is 0 Å². The number of amides is 1. The molecule has 4 aromatic rings. The predicted molar refractivity (Wildman–Crippen MR) is 121 cm³/mol. The van der Waals surface area contributed by atoms with Crippen molar-refractivity contribution >= 4 is 11.6 Å². The zero-order valence-corrected chi connectivity index (χ0v) is 16.9. The van der Waals surface area contributed by atoms with E-state index in [0.29, 0.717) is 16.8 Å². The van der Waals surface area contributed by atoms with Crippen LogP contribution in [0, 0.1) is 11.3 Å². The van der Waals surface area contributed by atoms with Crippen LogP contribution in [0.5, 0.6) is 5.75 Å². The van der Waals surface area contributed by atoms with Gasteiger partial charge in [0, 0.05) is 22.4 Å². The molecule has 31 heavy (non-hydrogen) atoms. The molecule has 5 heteroatoms. The molecular weight excluding hydrogens is 386 g/mol. The van der Waals surface area contributed by atoms with Crippen molar-refractivity contribution in [1.82, 2.24) is 4.98 Å². The molecule has 3 aromatic carbocycles. The maximum absolute atomic E-state index is 12.5. The van der Waals surface area contributed by atoms with Crippen LogP contribution in [-0.4, -0.2) is 18.0 Å². The van der Waals surface area contributed by atoms with Crippen LogP contribution in [0.3, 0.4) is 0 Å². The fourth-order valence-corrected chi connectivity index (χ4v) is 3.19. The second-order valence-corrected chi connectivity index (χ2v) is 6.86. The van der Waals surface area contributed by atoms with Crippen molar-refractivity contribution in [2.45, 2.75) is 0 Å². The molecule has 0 atom stereocenters. The summed E-state index contributed by atoms with van der Waals surface area (Å²) in [5.74, 6) is 0.539. The number of ether oxygens (including phenoxy) is 1. The minimum Gasteiger partial charge on any atom is -0.497 e. The van der Waals surface area contributed by atoms with Crippen LogP contribution >= 0.6 is 0 Å². The van der Waals surface area contributed by atoms with E-state index < -0.39 is 0 Å². The number of benzene rings is 3. The number of nitrogens with one attached hydrogen (secondary N) is 1. The molecule has 0 spiro atoms. The number of rotatable bonds is 5. The number of aromatic nitrogens is 1. The van der Waals surface area contributed by atoms with Crippen LogP contribution in [0.4, 0.5) is 5.69 Å². The summed E-state index contributed by atoms with van der Waals surface area (Å²) in [6.07, 6.45) is 0. The first-order chi connectivity index (χ1) is 15.2. The lowest BCUT2D eigenvalue weighted by Crippen LogP contribution is -2.11. The highest BCUT2D eigenvalue weighted by Gasteiger charge is 2.09. The van der Waals surface area contributed by atoms with E-state index in [-0.39, 0.29) is 5.91 Å². The van der Waals surface area contributed by atoms with Gasteiger partial charge in [0.05, 0.1) is 30.1 Å². The van der Waals surface area contributed by atoms with Gasteiger partial charge in [-0.05, 0) is 60.7 Å². The highest BCUT2D eigenvalue weighted by molar-refractivity contribution is 6.04. The summed E-state index contributed by atoms with van der Waals surface area (Å²) in [6.45, 7) is 0. The first kappa shape index (κ1) is 19.9. The van der Waals surface area contributed by atoms with E-state index in [4.69, 9.17) is 15.0 Å². The van der Waals surface area contributed by atoms with Crippen molar-refractivity contribution in [2.24, 2.45) is 0 Å². The molecule has 1 heterocycles. The molecule has 0 aliphatic carbocycles. The van der Waals surface area contributed by atoms with Gasteiger partial charge in [0.1, 0.15) is 5.75 Å². The zero-order valence-electron chi connectivity index (χ0n) is 16.9. The summed E-state index contributed by atoms with van der Waals surface area (Å²) in [7, 11) is 1.64. The molecule has 0 saturated carbocycles. The standard InChI is InChI=1S/C26H19N3O2/c1-31-23-8-3-6-21(16-23)25-10-4-9-24(29-25)20-5-2-7-22(15-20)28-26(30)19-13-11-18(17-27)12-14-19/h2-16H,1H3,(H,28,30). The molecule has 0 radical (unpaired) electrons. The fourth-order valence-electron chi connectivity index (χ4n) is 3.19. The first-order valence-electron chi connectivity index (χ1n) is 9.70. The fraction of sp³-hybridized carbons (Fsp3) is 0.0385. The Morgan fingerprint density at radius 3 is 2.19 bits per heavy atom. The lowest BCUT2D eigenvalue weighted by Gasteiger charge is -2.09. The summed E-state index contributed by atoms with van der Waals surface area (Å²) in [4.78, 5) is 17.3. The van der Waals surface area contributed by atoms with Crippen molar-refractivity contribution in [3.8, 4) is 34.3 Å². The number of hydrogen-bond donors (Lipinski definition) is 1. The van der Waals surface area contributed by atoms with Crippen LogP contribution < -0.4 is 10.1 Å². The minimum atomic E-state index is -0.236. The smallest absolute Gasteiger partial charge is 0.255 e. The van der Waals surface area contributed by atoms with E-state index in [0.717, 1.165) is 28.3 Å². The summed E-state index contributed by atoms with van der Waals surface area (Å²) >= 11 is 0. The third kappa shape index (κ3) is 4.60. The van der Waals surface area contributed by atoms with Crippen LogP contribution in [0.2, 0.25) is 0 Å². The van der Waals surface area contributed by atoms with E-state index in [9.17, 15) is 4.79 Å². The second kappa shape index (κ2) is 8.93. The van der Waals surface area contributed by atoms with Gasteiger partial charge in [0.25, 0.3) is 5.91 Å². The van der Waals surface area contributed by atoms with Gasteiger partial charge in [-0.3, -0.25) is 4.79 Å². The zero-order chi connectivity index (χ0) is 21.6. The monoisotopic (exact) mass is 405 g/mol. The average Bonchev–Trinajstić information content (AvgIpc) is 2.84. The second-order valence-electron chi connectivity index (χ2n) is 6.86. The number of hydrogen-bond acceptors (Lipinski definition) is 4. The van der Waals surface area contributed by atoms with Crippen LogP contribution in [0.1, 0.15) is 15.9 Å². The van der Waals surface area contributed by atoms with Gasteiger partial charge in [-0.2, -0.15) is 5.26 Å². The molecule has 5 nitrogen and oxygen atoms in total. The average molecular weight is 405 g/mol. The Labute approximate surface area is 180 Å². The van der Waals surface area contributed by atoms with Gasteiger partial charge in [0.2, 0.25) is 0 Å². The molecule has 0 unspecified atom stereocenters. The number of nitriles is 1. The van der Waals surface area contributed by atoms with Gasteiger partial charge in [-0.15, -0.1) is 0 Å². The van der Waals surface area contributed by atoms with Gasteiger partial charge < -0.3 is 10.1 Å². The van der Waals surface area contributed by atoms with Crippen molar-refractivity contribution in [1.29, 1.82) is 5.26 Å². The summed E-state index contributed by atoms with van der Waals surface area (Å²) in [6, 6.07) is 29.7. The van der Waals surface area contributed by atoms with E-state index in [1.807, 2.05) is 72.8 Å². The summed E-state index contributed by atoms with van der Waals surface area (Å²) in [5.41, 5.74) is 5.16. The molecule has 1 amide bonds. The number of methoxy groups -OCH3 is 1. The molecule has 0 saturated heterocycles. The molecule has 0 aliphatic heterocycles. The summed E-state index contributed by atoms with van der Waals surface area (Å²) in [5, 5.41) is 11.8. The normalized spacial score (nSPS) is 10.2. The van der Waals surface area contributed by atoms with Crippen LogP contribution in [0.25, 0.3) is 22.5 Å². The third-order valence-electron chi connectivity index (χ3n) is 4.81. The molecule has 0 fully saturated rings. The molecule has 1 aromatic heterocycles. The number of nitrogens with zero attached hydrogens (tertiary/aromatic N) is 2. The molecule has 0 bridgehead atoms. The number of anilines is 1. The molecule has 4 rings (SSSR count). The van der Waals surface area contributed by atoms with Crippen molar-refractivity contribution in [3.63, 3.8) is 0 Å². The van der Waals surface area contributed by atoms with Gasteiger partial charge in [0.15, 0.2) is 0 Å². The van der Waals surface area contributed by atoms with E-state index in [1.165, 1.54) is 0 Å². The van der Waals surface area contributed by atoms with Gasteiger partial charge in [-0.25, -0.2) is 4.98 Å². The van der Waals surface area contributed by atoms with E-state index >= 15 is 0 Å². The van der Waals surface area contributed by atoms with Crippen LogP contribution in [-0.2, 0) is 0 Å². The largest absolute Gasteiger partial charge is 0.497 e. The number of pyridine rings is 1. The Morgan fingerprint density at radius 1 is 0.871 bits per heavy atom. The van der Waals surface area contributed by atoms with E-state index in [2.05, 4.69) is 5.32 Å². The Balaban J connectivity index is 1.58. The predicted octanol–water partition coefficient (Wildman–Crippen LogP) is 5.55. The van der Waals surface area contributed by atoms with Crippen molar-refractivity contribution in [2.75, 3.05) is 12.4 Å². The highest BCUT2D eigenvalue weighted by Crippen LogP contribution is 2.26. The summed E-state index contributed by atoms with van der Waals surface area (Å²) < 4.78 is 5.31. The lowest BCUT2D eigenvalue weighted by atomic mass is 10.1.